The van der Waals surface area contributed by atoms with E-state index in [0.29, 0.717) is 17.2 Å². The number of rotatable bonds is 7. The van der Waals surface area contributed by atoms with E-state index in [4.69, 9.17) is 18.9 Å². The zero-order chi connectivity index (χ0) is 21.7. The Hall–Kier alpha value is -3.22. The van der Waals surface area contributed by atoms with E-state index in [9.17, 15) is 9.59 Å². The fourth-order valence-corrected chi connectivity index (χ4v) is 2.86. The van der Waals surface area contributed by atoms with E-state index in [1.54, 1.807) is 6.92 Å². The molecule has 7 nitrogen and oxygen atoms in total. The topological polar surface area (TPSA) is 83.1 Å². The molecule has 2 aromatic carbocycles. The Kier molecular flexibility index (Phi) is 7.09. The number of aryl methyl sites for hydroxylation is 2. The van der Waals surface area contributed by atoms with Crippen molar-refractivity contribution in [1.29, 1.82) is 0 Å². The number of carbonyl (C=O) groups excluding carboxylic acids is 2. The molecule has 156 valence electrons. The summed E-state index contributed by atoms with van der Waals surface area (Å²) < 4.78 is 21.2. The predicted molar refractivity (Wildman–Crippen MR) is 110 cm³/mol. The normalized spacial score (nSPS) is 11.4. The maximum absolute atomic E-state index is 12.8. The predicted octanol–water partition coefficient (Wildman–Crippen LogP) is 3.82. The molecule has 0 radical (unpaired) electrons. The SMILES string of the molecule is COC(=O)c1cc(OC)c(OC)cc1NC(=O)[C@@H](C)Oc1cc(C)cc(C)c1C. The van der Waals surface area contributed by atoms with Crippen molar-refractivity contribution >= 4 is 17.6 Å². The second-order valence-electron chi connectivity index (χ2n) is 6.70. The summed E-state index contributed by atoms with van der Waals surface area (Å²) in [5.74, 6) is 0.335. The number of hydrogen-bond donors (Lipinski definition) is 1. The second kappa shape index (κ2) is 9.32. The van der Waals surface area contributed by atoms with Gasteiger partial charge in [-0.05, 0) is 50.5 Å². The lowest BCUT2D eigenvalue weighted by atomic mass is 10.1. The van der Waals surface area contributed by atoms with Crippen LogP contribution in [0.15, 0.2) is 24.3 Å². The van der Waals surface area contributed by atoms with Crippen LogP contribution in [0, 0.1) is 20.8 Å². The van der Waals surface area contributed by atoms with Crippen LogP contribution in [0.1, 0.15) is 34.0 Å². The smallest absolute Gasteiger partial charge is 0.340 e. The van der Waals surface area contributed by atoms with Gasteiger partial charge in [-0.3, -0.25) is 4.79 Å². The molecule has 0 aliphatic heterocycles. The molecule has 0 saturated heterocycles. The van der Waals surface area contributed by atoms with Gasteiger partial charge >= 0.3 is 5.97 Å². The molecule has 2 rings (SSSR count). The minimum Gasteiger partial charge on any atom is -0.493 e. The highest BCUT2D eigenvalue weighted by Crippen LogP contribution is 2.34. The largest absolute Gasteiger partial charge is 0.493 e. The number of nitrogens with one attached hydrogen (secondary N) is 1. The number of hydrogen-bond acceptors (Lipinski definition) is 6. The Labute approximate surface area is 170 Å². The van der Waals surface area contributed by atoms with Crippen molar-refractivity contribution in [3.05, 3.63) is 46.5 Å². The van der Waals surface area contributed by atoms with E-state index < -0.39 is 18.0 Å². The molecule has 0 saturated carbocycles. The molecule has 1 atom stereocenters. The average Bonchev–Trinajstić information content (AvgIpc) is 2.70. The molecule has 29 heavy (non-hydrogen) atoms. The van der Waals surface area contributed by atoms with Gasteiger partial charge < -0.3 is 24.3 Å². The molecule has 2 aromatic rings. The fraction of sp³-hybridized carbons (Fsp3) is 0.364. The van der Waals surface area contributed by atoms with Gasteiger partial charge in [0, 0.05) is 12.1 Å². The highest BCUT2D eigenvalue weighted by molar-refractivity contribution is 6.03. The fourth-order valence-electron chi connectivity index (χ4n) is 2.86. The number of anilines is 1. The highest BCUT2D eigenvalue weighted by atomic mass is 16.5. The van der Waals surface area contributed by atoms with E-state index in [-0.39, 0.29) is 11.3 Å². The van der Waals surface area contributed by atoms with Crippen molar-refractivity contribution < 1.29 is 28.5 Å². The summed E-state index contributed by atoms with van der Waals surface area (Å²) in [6, 6.07) is 6.92. The van der Waals surface area contributed by atoms with Crippen molar-refractivity contribution in [2.75, 3.05) is 26.6 Å². The Morgan fingerprint density at radius 3 is 2.10 bits per heavy atom. The van der Waals surface area contributed by atoms with Gasteiger partial charge in [0.15, 0.2) is 17.6 Å². The number of amides is 1. The average molecular weight is 401 g/mol. The standard InChI is InChI=1S/C22H27NO6/c1-12-8-13(2)14(3)18(9-12)29-15(4)21(24)23-17-11-20(27-6)19(26-5)10-16(17)22(25)28-7/h8-11,15H,1-7H3,(H,23,24)/t15-/m1/s1. The molecule has 0 bridgehead atoms. The minimum atomic E-state index is -0.798. The lowest BCUT2D eigenvalue weighted by Gasteiger charge is -2.19. The molecule has 0 heterocycles. The third-order valence-electron chi connectivity index (χ3n) is 4.62. The van der Waals surface area contributed by atoms with Crippen molar-refractivity contribution in [2.24, 2.45) is 0 Å². The number of methoxy groups -OCH3 is 3. The highest BCUT2D eigenvalue weighted by Gasteiger charge is 2.22. The van der Waals surface area contributed by atoms with Crippen LogP contribution in [0.4, 0.5) is 5.69 Å². The lowest BCUT2D eigenvalue weighted by molar-refractivity contribution is -0.122. The second-order valence-corrected chi connectivity index (χ2v) is 6.70. The molecule has 7 heteroatoms. The van der Waals surface area contributed by atoms with Gasteiger partial charge in [0.25, 0.3) is 5.91 Å². The molecule has 0 unspecified atom stereocenters. The lowest BCUT2D eigenvalue weighted by Crippen LogP contribution is -2.31. The van der Waals surface area contributed by atoms with Gasteiger partial charge in [0.05, 0.1) is 32.6 Å². The molecule has 0 aliphatic carbocycles. The number of carbonyl (C=O) groups is 2. The van der Waals surface area contributed by atoms with Crippen LogP contribution >= 0.6 is 0 Å². The molecule has 1 N–H and O–H groups in total. The summed E-state index contributed by atoms with van der Waals surface area (Å²) in [4.78, 5) is 24.9. The van der Waals surface area contributed by atoms with E-state index in [1.165, 1.54) is 33.5 Å². The van der Waals surface area contributed by atoms with Crippen LogP contribution in [-0.4, -0.2) is 39.3 Å². The zero-order valence-corrected chi connectivity index (χ0v) is 17.8. The first-order chi connectivity index (χ1) is 13.7. The van der Waals surface area contributed by atoms with Crippen LogP contribution in [0.5, 0.6) is 17.2 Å². The van der Waals surface area contributed by atoms with E-state index >= 15 is 0 Å². The first kappa shape index (κ1) is 22.1. The Bertz CT molecular complexity index is 922. The zero-order valence-electron chi connectivity index (χ0n) is 17.8. The van der Waals surface area contributed by atoms with Gasteiger partial charge in [-0.2, -0.15) is 0 Å². The molecule has 1 amide bonds. The van der Waals surface area contributed by atoms with Gasteiger partial charge in [0.1, 0.15) is 5.75 Å². The van der Waals surface area contributed by atoms with Gasteiger partial charge in [-0.25, -0.2) is 4.79 Å². The van der Waals surface area contributed by atoms with Crippen molar-refractivity contribution in [2.45, 2.75) is 33.8 Å². The molecular weight excluding hydrogens is 374 g/mol. The minimum absolute atomic E-state index is 0.147. The van der Waals surface area contributed by atoms with Gasteiger partial charge in [-0.1, -0.05) is 6.07 Å². The van der Waals surface area contributed by atoms with Crippen LogP contribution < -0.4 is 19.5 Å². The number of ether oxygens (including phenoxy) is 4. The summed E-state index contributed by atoms with van der Waals surface area (Å²) in [7, 11) is 4.19. The summed E-state index contributed by atoms with van der Waals surface area (Å²) in [6.07, 6.45) is -0.798. The Balaban J connectivity index is 2.30. The van der Waals surface area contributed by atoms with Crippen LogP contribution in [-0.2, 0) is 9.53 Å². The van der Waals surface area contributed by atoms with Crippen LogP contribution in [0.3, 0.4) is 0 Å². The Morgan fingerprint density at radius 2 is 1.52 bits per heavy atom. The number of esters is 1. The van der Waals surface area contributed by atoms with Crippen LogP contribution in [0.25, 0.3) is 0 Å². The first-order valence-electron chi connectivity index (χ1n) is 9.11. The van der Waals surface area contributed by atoms with Gasteiger partial charge in [0.2, 0.25) is 0 Å². The quantitative estimate of drug-likeness (QED) is 0.710. The van der Waals surface area contributed by atoms with Crippen molar-refractivity contribution in [3.63, 3.8) is 0 Å². The monoisotopic (exact) mass is 401 g/mol. The Morgan fingerprint density at radius 1 is 0.897 bits per heavy atom. The summed E-state index contributed by atoms with van der Waals surface area (Å²) in [5, 5.41) is 2.72. The summed E-state index contributed by atoms with van der Waals surface area (Å²) in [5.41, 5.74) is 3.49. The molecule has 0 aliphatic rings. The first-order valence-corrected chi connectivity index (χ1v) is 9.11. The third-order valence-corrected chi connectivity index (χ3v) is 4.62. The molecule has 0 spiro atoms. The molecule has 0 fully saturated rings. The van der Waals surface area contributed by atoms with E-state index in [1.807, 2.05) is 26.8 Å². The maximum atomic E-state index is 12.8. The van der Waals surface area contributed by atoms with Crippen LogP contribution in [0.2, 0.25) is 0 Å². The third kappa shape index (κ3) is 4.99. The van der Waals surface area contributed by atoms with Crippen molar-refractivity contribution in [3.8, 4) is 17.2 Å². The molecular formula is C22H27NO6. The summed E-state index contributed by atoms with van der Waals surface area (Å²) >= 11 is 0. The summed E-state index contributed by atoms with van der Waals surface area (Å²) in [6.45, 7) is 7.55. The van der Waals surface area contributed by atoms with Gasteiger partial charge in [-0.15, -0.1) is 0 Å². The maximum Gasteiger partial charge on any atom is 0.340 e. The van der Waals surface area contributed by atoms with E-state index in [0.717, 1.165) is 16.7 Å². The van der Waals surface area contributed by atoms with E-state index in [2.05, 4.69) is 11.4 Å². The van der Waals surface area contributed by atoms with Crippen molar-refractivity contribution in [1.82, 2.24) is 0 Å². The number of benzene rings is 2. The molecule has 0 aromatic heterocycles.